The molecule has 7 nitrogen and oxygen atoms in total. The van der Waals surface area contributed by atoms with Crippen LogP contribution in [0.2, 0.25) is 10.0 Å². The average Bonchev–Trinajstić information content (AvgIpc) is 3.13. The van der Waals surface area contributed by atoms with Gasteiger partial charge < -0.3 is 18.9 Å². The third-order valence-corrected chi connectivity index (χ3v) is 5.60. The van der Waals surface area contributed by atoms with Crippen LogP contribution < -0.4 is 14.9 Å². The van der Waals surface area contributed by atoms with E-state index in [1.54, 1.807) is 37.3 Å². The lowest BCUT2D eigenvalue weighted by molar-refractivity contribution is -0.159. The molecular weight excluding hydrogens is 511 g/mol. The monoisotopic (exact) mass is 530 g/mol. The molecule has 166 valence electrons. The number of ether oxygens (including phenoxy) is 4. The molecule has 1 aliphatic heterocycles. The lowest BCUT2D eigenvalue weighted by Gasteiger charge is -2.20. The van der Waals surface area contributed by atoms with E-state index < -0.39 is 5.79 Å². The van der Waals surface area contributed by atoms with Crippen molar-refractivity contribution in [3.8, 4) is 11.5 Å². The normalized spacial score (nSPS) is 15.3. The van der Waals surface area contributed by atoms with Crippen LogP contribution in [-0.4, -0.2) is 38.2 Å². The maximum absolute atomic E-state index is 12.0. The van der Waals surface area contributed by atoms with E-state index in [0.29, 0.717) is 44.8 Å². The van der Waals surface area contributed by atoms with Crippen LogP contribution in [0.1, 0.15) is 24.5 Å². The number of halogens is 3. The number of hydrogen-bond acceptors (Lipinski definition) is 6. The van der Waals surface area contributed by atoms with Gasteiger partial charge in [-0.05, 0) is 52.7 Å². The van der Waals surface area contributed by atoms with Crippen molar-refractivity contribution >= 4 is 51.3 Å². The van der Waals surface area contributed by atoms with Crippen molar-refractivity contribution in [1.29, 1.82) is 0 Å². The fourth-order valence-electron chi connectivity index (χ4n) is 2.91. The Morgan fingerprint density at radius 3 is 2.71 bits per heavy atom. The Hall–Kier alpha value is -1.84. The lowest BCUT2D eigenvalue weighted by Crippen LogP contribution is -2.33. The summed E-state index contributed by atoms with van der Waals surface area (Å²) in [5, 5.41) is 5.07. The van der Waals surface area contributed by atoms with Gasteiger partial charge in [0.25, 0.3) is 0 Å². The van der Waals surface area contributed by atoms with Crippen molar-refractivity contribution in [2.24, 2.45) is 5.10 Å². The summed E-state index contributed by atoms with van der Waals surface area (Å²) in [6, 6.07) is 8.74. The van der Waals surface area contributed by atoms with Crippen molar-refractivity contribution in [2.75, 3.05) is 20.3 Å². The highest BCUT2D eigenvalue weighted by atomic mass is 79.9. The number of hydrogen-bond donors (Lipinski definition) is 1. The molecule has 2 aromatic carbocycles. The number of hydrazone groups is 1. The van der Waals surface area contributed by atoms with Gasteiger partial charge in [0.05, 0.1) is 37.4 Å². The van der Waals surface area contributed by atoms with Crippen LogP contribution in [0.4, 0.5) is 0 Å². The summed E-state index contributed by atoms with van der Waals surface area (Å²) in [5.74, 6) is -0.213. The van der Waals surface area contributed by atoms with Crippen LogP contribution in [0, 0.1) is 0 Å². The molecule has 0 radical (unpaired) electrons. The first kappa shape index (κ1) is 23.8. The van der Waals surface area contributed by atoms with E-state index >= 15 is 0 Å². The van der Waals surface area contributed by atoms with Crippen molar-refractivity contribution in [3.05, 3.63) is 56.0 Å². The summed E-state index contributed by atoms with van der Waals surface area (Å²) in [6.07, 6.45) is 1.56. The molecule has 31 heavy (non-hydrogen) atoms. The molecule has 1 amide bonds. The fourth-order valence-corrected chi connectivity index (χ4v) is 3.95. The van der Waals surface area contributed by atoms with Gasteiger partial charge in [-0.2, -0.15) is 5.10 Å². The van der Waals surface area contributed by atoms with Gasteiger partial charge in [-0.15, -0.1) is 0 Å². The zero-order chi connectivity index (χ0) is 22.4. The minimum absolute atomic E-state index is 0.0530. The SMILES string of the molecule is COc1cc(C=NNC(=O)CC2(C)OCCO2)cc(Br)c1OCc1ccc(Cl)cc1Cl. The van der Waals surface area contributed by atoms with Gasteiger partial charge in [0.1, 0.15) is 6.61 Å². The van der Waals surface area contributed by atoms with Crippen molar-refractivity contribution in [2.45, 2.75) is 25.7 Å². The number of benzene rings is 2. The van der Waals surface area contributed by atoms with Gasteiger partial charge in [0.15, 0.2) is 17.3 Å². The molecule has 0 aromatic heterocycles. The second-order valence-electron chi connectivity index (χ2n) is 6.86. The predicted molar refractivity (Wildman–Crippen MR) is 122 cm³/mol. The highest BCUT2D eigenvalue weighted by molar-refractivity contribution is 9.10. The molecule has 1 heterocycles. The Morgan fingerprint density at radius 1 is 1.29 bits per heavy atom. The molecule has 2 aromatic rings. The Labute approximate surface area is 198 Å². The molecule has 0 saturated carbocycles. The number of methoxy groups -OCH3 is 1. The zero-order valence-corrected chi connectivity index (χ0v) is 20.0. The summed E-state index contributed by atoms with van der Waals surface area (Å²) in [4.78, 5) is 12.0. The van der Waals surface area contributed by atoms with E-state index in [4.69, 9.17) is 42.1 Å². The molecule has 0 aliphatic carbocycles. The smallest absolute Gasteiger partial charge is 0.245 e. The van der Waals surface area contributed by atoms with Gasteiger partial charge in [0.2, 0.25) is 5.91 Å². The molecule has 1 saturated heterocycles. The molecule has 1 fully saturated rings. The first-order valence-corrected chi connectivity index (χ1v) is 10.9. The number of carbonyl (C=O) groups is 1. The van der Waals surface area contributed by atoms with Crippen molar-refractivity contribution in [3.63, 3.8) is 0 Å². The number of carbonyl (C=O) groups excluding carboxylic acids is 1. The Morgan fingerprint density at radius 2 is 2.03 bits per heavy atom. The van der Waals surface area contributed by atoms with E-state index in [-0.39, 0.29) is 18.9 Å². The number of nitrogens with one attached hydrogen (secondary N) is 1. The molecule has 10 heteroatoms. The summed E-state index contributed by atoms with van der Waals surface area (Å²) >= 11 is 15.6. The summed E-state index contributed by atoms with van der Waals surface area (Å²) in [5.41, 5.74) is 3.95. The number of rotatable bonds is 8. The Balaban J connectivity index is 1.64. The van der Waals surface area contributed by atoms with E-state index in [1.165, 1.54) is 13.3 Å². The molecule has 0 bridgehead atoms. The van der Waals surface area contributed by atoms with Gasteiger partial charge in [-0.1, -0.05) is 29.3 Å². The molecule has 1 aliphatic rings. The van der Waals surface area contributed by atoms with Crippen molar-refractivity contribution in [1.82, 2.24) is 5.43 Å². The minimum atomic E-state index is -0.905. The topological polar surface area (TPSA) is 78.4 Å². The van der Waals surface area contributed by atoms with Crippen LogP contribution >= 0.6 is 39.1 Å². The van der Waals surface area contributed by atoms with Crippen LogP contribution in [0.25, 0.3) is 0 Å². The molecule has 0 spiro atoms. The third kappa shape index (κ3) is 6.57. The van der Waals surface area contributed by atoms with Gasteiger partial charge >= 0.3 is 0 Å². The van der Waals surface area contributed by atoms with Gasteiger partial charge in [-0.3, -0.25) is 4.79 Å². The Bertz CT molecular complexity index is 980. The molecule has 0 unspecified atom stereocenters. The molecule has 3 rings (SSSR count). The maximum Gasteiger partial charge on any atom is 0.245 e. The standard InChI is InChI=1S/C21H21BrCl2N2O5/c1-21(30-5-6-31-21)10-19(27)26-25-11-13-7-16(22)20(18(8-13)28-2)29-12-14-3-4-15(23)9-17(14)24/h3-4,7-9,11H,5-6,10,12H2,1-2H3,(H,26,27). The van der Waals surface area contributed by atoms with Gasteiger partial charge in [0, 0.05) is 15.6 Å². The molecule has 1 N–H and O–H groups in total. The highest BCUT2D eigenvalue weighted by Gasteiger charge is 2.33. The van der Waals surface area contributed by atoms with E-state index in [2.05, 4.69) is 26.5 Å². The second-order valence-corrected chi connectivity index (χ2v) is 8.56. The number of nitrogens with zero attached hydrogens (tertiary/aromatic N) is 1. The minimum Gasteiger partial charge on any atom is -0.493 e. The first-order chi connectivity index (χ1) is 14.8. The maximum atomic E-state index is 12.0. The largest absolute Gasteiger partial charge is 0.493 e. The number of amides is 1. The quantitative estimate of drug-likeness (QED) is 0.385. The molecular formula is C21H21BrCl2N2O5. The zero-order valence-electron chi connectivity index (χ0n) is 16.9. The van der Waals surface area contributed by atoms with E-state index in [9.17, 15) is 4.79 Å². The Kier molecular flexibility index (Phi) is 8.18. The van der Waals surface area contributed by atoms with E-state index in [0.717, 1.165) is 5.56 Å². The summed E-state index contributed by atoms with van der Waals surface area (Å²) in [6.45, 7) is 2.90. The van der Waals surface area contributed by atoms with Crippen LogP contribution in [0.15, 0.2) is 39.9 Å². The lowest BCUT2D eigenvalue weighted by atomic mass is 10.2. The third-order valence-electron chi connectivity index (χ3n) is 4.42. The van der Waals surface area contributed by atoms with E-state index in [1.807, 2.05) is 0 Å². The van der Waals surface area contributed by atoms with Gasteiger partial charge in [-0.25, -0.2) is 5.43 Å². The summed E-state index contributed by atoms with van der Waals surface area (Å²) < 4.78 is 22.8. The van der Waals surface area contributed by atoms with Crippen LogP contribution in [0.3, 0.4) is 0 Å². The van der Waals surface area contributed by atoms with Crippen molar-refractivity contribution < 1.29 is 23.7 Å². The first-order valence-electron chi connectivity index (χ1n) is 9.34. The van der Waals surface area contributed by atoms with Crippen LogP contribution in [0.5, 0.6) is 11.5 Å². The highest BCUT2D eigenvalue weighted by Crippen LogP contribution is 2.37. The predicted octanol–water partition coefficient (Wildman–Crippen LogP) is 4.95. The van der Waals surface area contributed by atoms with Crippen LogP contribution in [-0.2, 0) is 20.9 Å². The molecule has 0 atom stereocenters. The average molecular weight is 532 g/mol. The fraction of sp³-hybridized carbons (Fsp3) is 0.333. The second kappa shape index (κ2) is 10.7. The summed E-state index contributed by atoms with van der Waals surface area (Å²) in [7, 11) is 1.54.